The topological polar surface area (TPSA) is 29.3 Å². The van der Waals surface area contributed by atoms with Gasteiger partial charge in [-0.25, -0.2) is 0 Å². The van der Waals surface area contributed by atoms with Crippen LogP contribution in [0.4, 0.5) is 0 Å². The fraction of sp³-hybridized carbons (Fsp3) is 1.00. The zero-order chi connectivity index (χ0) is 10.2. The Kier molecular flexibility index (Phi) is 6.65. The van der Waals surface area contributed by atoms with Gasteiger partial charge in [-0.1, -0.05) is 0 Å². The van der Waals surface area contributed by atoms with E-state index in [-0.39, 0.29) is 0 Å². The standard InChI is InChI=1S/C11H24N2S/c1-14-10-2-7-13-8-4-11(3-6-12)5-9-13/h11H,2-10,12H2,1H3. The molecule has 14 heavy (non-hydrogen) atoms. The van der Waals surface area contributed by atoms with E-state index in [0.717, 1.165) is 12.5 Å². The Morgan fingerprint density at radius 3 is 2.64 bits per heavy atom. The van der Waals surface area contributed by atoms with Gasteiger partial charge in [0.2, 0.25) is 0 Å². The summed E-state index contributed by atoms with van der Waals surface area (Å²) in [5.74, 6) is 2.22. The highest BCUT2D eigenvalue weighted by Gasteiger charge is 2.17. The van der Waals surface area contributed by atoms with Crippen molar-refractivity contribution in [2.24, 2.45) is 11.7 Å². The van der Waals surface area contributed by atoms with Gasteiger partial charge in [-0.05, 0) is 69.8 Å². The molecule has 84 valence electrons. The van der Waals surface area contributed by atoms with Crippen LogP contribution in [0.25, 0.3) is 0 Å². The largest absolute Gasteiger partial charge is 0.330 e. The third-order valence-corrected chi connectivity index (χ3v) is 3.80. The Labute approximate surface area is 92.6 Å². The summed E-state index contributed by atoms with van der Waals surface area (Å²) in [5.41, 5.74) is 5.58. The van der Waals surface area contributed by atoms with E-state index in [0.29, 0.717) is 0 Å². The van der Waals surface area contributed by atoms with Gasteiger partial charge in [-0.3, -0.25) is 0 Å². The van der Waals surface area contributed by atoms with E-state index in [4.69, 9.17) is 5.73 Å². The summed E-state index contributed by atoms with van der Waals surface area (Å²) in [4.78, 5) is 2.61. The molecule has 2 nitrogen and oxygen atoms in total. The molecule has 0 aliphatic carbocycles. The number of rotatable bonds is 6. The number of thioether (sulfide) groups is 1. The minimum atomic E-state index is 0.872. The Morgan fingerprint density at radius 2 is 2.07 bits per heavy atom. The third kappa shape index (κ3) is 4.67. The smallest absolute Gasteiger partial charge is 0.00109 e. The van der Waals surface area contributed by atoms with E-state index in [1.165, 1.54) is 51.1 Å². The maximum absolute atomic E-state index is 5.58. The van der Waals surface area contributed by atoms with E-state index < -0.39 is 0 Å². The highest BCUT2D eigenvalue weighted by atomic mass is 32.2. The minimum absolute atomic E-state index is 0.872. The van der Waals surface area contributed by atoms with Gasteiger partial charge in [0, 0.05) is 0 Å². The van der Waals surface area contributed by atoms with Crippen molar-refractivity contribution in [1.82, 2.24) is 4.90 Å². The molecule has 1 aliphatic rings. The molecule has 0 atom stereocenters. The summed E-state index contributed by atoms with van der Waals surface area (Å²) < 4.78 is 0. The van der Waals surface area contributed by atoms with E-state index in [2.05, 4.69) is 11.2 Å². The average molecular weight is 216 g/mol. The molecule has 0 unspecified atom stereocenters. The molecule has 0 bridgehead atoms. The molecule has 2 N–H and O–H groups in total. The van der Waals surface area contributed by atoms with Crippen molar-refractivity contribution >= 4 is 11.8 Å². The van der Waals surface area contributed by atoms with Gasteiger partial charge < -0.3 is 10.6 Å². The summed E-state index contributed by atoms with van der Waals surface area (Å²) in [6.45, 7) is 4.78. The first kappa shape index (κ1) is 12.3. The minimum Gasteiger partial charge on any atom is -0.330 e. The zero-order valence-electron chi connectivity index (χ0n) is 9.37. The van der Waals surface area contributed by atoms with Gasteiger partial charge in [-0.2, -0.15) is 11.8 Å². The zero-order valence-corrected chi connectivity index (χ0v) is 10.2. The van der Waals surface area contributed by atoms with E-state index in [1.807, 2.05) is 11.8 Å². The third-order valence-electron chi connectivity index (χ3n) is 3.10. The van der Waals surface area contributed by atoms with Crippen molar-refractivity contribution in [3.63, 3.8) is 0 Å². The Balaban J connectivity index is 2.03. The van der Waals surface area contributed by atoms with Crippen molar-refractivity contribution in [2.75, 3.05) is 38.2 Å². The monoisotopic (exact) mass is 216 g/mol. The van der Waals surface area contributed by atoms with Crippen LogP contribution in [-0.4, -0.2) is 43.1 Å². The maximum atomic E-state index is 5.58. The highest BCUT2D eigenvalue weighted by Crippen LogP contribution is 2.19. The first-order valence-electron chi connectivity index (χ1n) is 5.78. The number of nitrogens with zero attached hydrogens (tertiary/aromatic N) is 1. The van der Waals surface area contributed by atoms with Gasteiger partial charge in [0.25, 0.3) is 0 Å². The average Bonchev–Trinajstić information content (AvgIpc) is 2.21. The molecule has 0 aromatic carbocycles. The lowest BCUT2D eigenvalue weighted by Gasteiger charge is -2.31. The summed E-state index contributed by atoms with van der Waals surface area (Å²) in [6.07, 6.45) is 7.52. The lowest BCUT2D eigenvalue weighted by atomic mass is 9.93. The van der Waals surface area contributed by atoms with Crippen LogP contribution in [-0.2, 0) is 0 Å². The van der Waals surface area contributed by atoms with Crippen molar-refractivity contribution in [2.45, 2.75) is 25.7 Å². The second-order valence-electron chi connectivity index (χ2n) is 4.21. The van der Waals surface area contributed by atoms with Crippen LogP contribution in [0.15, 0.2) is 0 Å². The molecule has 0 amide bonds. The lowest BCUT2D eigenvalue weighted by Crippen LogP contribution is -2.35. The van der Waals surface area contributed by atoms with Crippen LogP contribution in [0.3, 0.4) is 0 Å². The summed E-state index contributed by atoms with van der Waals surface area (Å²) in [5, 5.41) is 0. The molecule has 1 saturated heterocycles. The number of hydrogen-bond acceptors (Lipinski definition) is 3. The number of nitrogens with two attached hydrogens (primary N) is 1. The normalized spacial score (nSPS) is 20.1. The van der Waals surface area contributed by atoms with Crippen LogP contribution in [0.5, 0.6) is 0 Å². The number of likely N-dealkylation sites (tertiary alicyclic amines) is 1. The van der Waals surface area contributed by atoms with Crippen LogP contribution in [0, 0.1) is 5.92 Å². The molecule has 0 aromatic heterocycles. The molecule has 0 radical (unpaired) electrons. The predicted molar refractivity (Wildman–Crippen MR) is 65.8 cm³/mol. The fourth-order valence-corrected chi connectivity index (χ4v) is 2.58. The van der Waals surface area contributed by atoms with Crippen molar-refractivity contribution in [3.05, 3.63) is 0 Å². The Bertz CT molecular complexity index is 133. The van der Waals surface area contributed by atoms with Gasteiger partial charge >= 0.3 is 0 Å². The molecular weight excluding hydrogens is 192 g/mol. The van der Waals surface area contributed by atoms with Crippen molar-refractivity contribution in [1.29, 1.82) is 0 Å². The van der Waals surface area contributed by atoms with E-state index >= 15 is 0 Å². The molecule has 1 heterocycles. The van der Waals surface area contributed by atoms with Gasteiger partial charge in [-0.15, -0.1) is 0 Å². The van der Waals surface area contributed by atoms with Gasteiger partial charge in [0.15, 0.2) is 0 Å². The highest BCUT2D eigenvalue weighted by molar-refractivity contribution is 7.98. The molecule has 0 spiro atoms. The molecule has 0 saturated carbocycles. The SMILES string of the molecule is CSCCCN1CCC(CCN)CC1. The quantitative estimate of drug-likeness (QED) is 0.687. The molecule has 1 fully saturated rings. The first-order valence-corrected chi connectivity index (χ1v) is 7.17. The van der Waals surface area contributed by atoms with Crippen LogP contribution in [0.2, 0.25) is 0 Å². The molecule has 3 heteroatoms. The lowest BCUT2D eigenvalue weighted by molar-refractivity contribution is 0.181. The Morgan fingerprint density at radius 1 is 1.36 bits per heavy atom. The second-order valence-corrected chi connectivity index (χ2v) is 5.19. The van der Waals surface area contributed by atoms with Crippen molar-refractivity contribution < 1.29 is 0 Å². The Hall–Kier alpha value is 0.270. The second kappa shape index (κ2) is 7.55. The molecule has 1 rings (SSSR count). The van der Waals surface area contributed by atoms with Crippen molar-refractivity contribution in [3.8, 4) is 0 Å². The van der Waals surface area contributed by atoms with Gasteiger partial charge in [0.1, 0.15) is 0 Å². The molecule has 1 aliphatic heterocycles. The first-order chi connectivity index (χ1) is 6.86. The van der Waals surface area contributed by atoms with Crippen LogP contribution in [0.1, 0.15) is 25.7 Å². The van der Waals surface area contributed by atoms with Crippen LogP contribution < -0.4 is 5.73 Å². The number of piperidine rings is 1. The predicted octanol–water partition coefficient (Wildman–Crippen LogP) is 1.80. The fourth-order valence-electron chi connectivity index (χ4n) is 2.17. The van der Waals surface area contributed by atoms with E-state index in [9.17, 15) is 0 Å². The summed E-state index contributed by atoms with van der Waals surface area (Å²) >= 11 is 1.96. The number of hydrogen-bond donors (Lipinski definition) is 1. The summed E-state index contributed by atoms with van der Waals surface area (Å²) in [6, 6.07) is 0. The van der Waals surface area contributed by atoms with Crippen LogP contribution >= 0.6 is 11.8 Å². The van der Waals surface area contributed by atoms with Gasteiger partial charge in [0.05, 0.1) is 0 Å². The summed E-state index contributed by atoms with van der Waals surface area (Å²) in [7, 11) is 0. The molecular formula is C11H24N2S. The molecule has 0 aromatic rings. The van der Waals surface area contributed by atoms with E-state index in [1.54, 1.807) is 0 Å². The maximum Gasteiger partial charge on any atom is -0.00109 e.